The van der Waals surface area contributed by atoms with E-state index in [4.69, 9.17) is 0 Å². The van der Waals surface area contributed by atoms with E-state index in [0.29, 0.717) is 0 Å². The topological polar surface area (TPSA) is 0 Å². The first-order valence-electron chi connectivity index (χ1n) is 11.1. The summed E-state index contributed by atoms with van der Waals surface area (Å²) in [4.78, 5) is 0. The molecule has 0 fully saturated rings. The molecular weight excluding hydrogens is 391 g/mol. The molecule has 0 spiro atoms. The summed E-state index contributed by atoms with van der Waals surface area (Å²) in [6.45, 7) is 0. The average Bonchev–Trinajstić information content (AvgIpc) is 2.86. The quantitative estimate of drug-likeness (QED) is 0.163. The van der Waals surface area contributed by atoms with Gasteiger partial charge in [0.05, 0.1) is 6.16 Å². The van der Waals surface area contributed by atoms with Gasteiger partial charge in [-0.2, -0.15) is 0 Å². The SMILES string of the molecule is C(=C\C[P+](c1ccccc1)(c1ccccc1)c1ccccc1)/CCCc1ccccc1. The highest BCUT2D eigenvalue weighted by Crippen LogP contribution is 2.55. The van der Waals surface area contributed by atoms with E-state index < -0.39 is 7.26 Å². The normalized spacial score (nSPS) is 11.6. The van der Waals surface area contributed by atoms with Crippen LogP contribution in [-0.4, -0.2) is 6.16 Å². The fourth-order valence-electron chi connectivity index (χ4n) is 4.23. The maximum absolute atomic E-state index is 2.44. The van der Waals surface area contributed by atoms with Gasteiger partial charge in [0.1, 0.15) is 23.2 Å². The smallest absolute Gasteiger partial charge is 0.0849 e. The first-order valence-corrected chi connectivity index (χ1v) is 13.1. The number of hydrogen-bond donors (Lipinski definition) is 0. The van der Waals surface area contributed by atoms with Crippen molar-refractivity contribution >= 4 is 23.2 Å². The Bertz CT molecular complexity index is 958. The minimum Gasteiger partial charge on any atom is -0.0849 e. The summed E-state index contributed by atoms with van der Waals surface area (Å²) in [5, 5.41) is 4.34. The van der Waals surface area contributed by atoms with Crippen molar-refractivity contribution < 1.29 is 0 Å². The molecule has 4 rings (SSSR count). The molecule has 0 saturated heterocycles. The van der Waals surface area contributed by atoms with Gasteiger partial charge < -0.3 is 0 Å². The molecule has 1 heteroatoms. The van der Waals surface area contributed by atoms with Crippen LogP contribution in [0.1, 0.15) is 18.4 Å². The van der Waals surface area contributed by atoms with Crippen molar-refractivity contribution in [2.75, 3.05) is 6.16 Å². The molecule has 0 radical (unpaired) electrons. The van der Waals surface area contributed by atoms with Crippen LogP contribution < -0.4 is 15.9 Å². The standard InChI is InChI=1S/C30H30P/c1(7-17-27-18-8-3-9-19-27)2-16-26-31(28-20-10-4-11-21-28,29-22-12-5-13-23-29)30-24-14-6-15-25-30/h2-6,8-16,18-25H,1,7,17,26H2/q+1/b16-2+. The Morgan fingerprint density at radius 2 is 0.903 bits per heavy atom. The van der Waals surface area contributed by atoms with E-state index in [-0.39, 0.29) is 0 Å². The summed E-state index contributed by atoms with van der Waals surface area (Å²) in [6, 6.07) is 44.1. The highest BCUT2D eigenvalue weighted by atomic mass is 31.2. The van der Waals surface area contributed by atoms with Gasteiger partial charge in [0, 0.05) is 0 Å². The molecule has 0 aromatic heterocycles. The van der Waals surface area contributed by atoms with Gasteiger partial charge in [-0.1, -0.05) is 97.1 Å². The summed E-state index contributed by atoms with van der Waals surface area (Å²) in [5.41, 5.74) is 1.43. The predicted octanol–water partition coefficient (Wildman–Crippen LogP) is 6.56. The Balaban J connectivity index is 1.61. The predicted molar refractivity (Wildman–Crippen MR) is 139 cm³/mol. The highest BCUT2D eigenvalue weighted by Gasteiger charge is 2.43. The second kappa shape index (κ2) is 10.9. The molecule has 0 heterocycles. The lowest BCUT2D eigenvalue weighted by Gasteiger charge is -2.26. The monoisotopic (exact) mass is 421 g/mol. The van der Waals surface area contributed by atoms with Gasteiger partial charge in [0.2, 0.25) is 0 Å². The van der Waals surface area contributed by atoms with Crippen LogP contribution in [0.4, 0.5) is 0 Å². The van der Waals surface area contributed by atoms with Crippen LogP contribution in [-0.2, 0) is 6.42 Å². The van der Waals surface area contributed by atoms with E-state index in [1.54, 1.807) is 0 Å². The van der Waals surface area contributed by atoms with Crippen molar-refractivity contribution in [3.8, 4) is 0 Å². The molecule has 0 aliphatic carbocycles. The second-order valence-corrected chi connectivity index (χ2v) is 11.4. The molecular formula is C30H30P+. The zero-order valence-electron chi connectivity index (χ0n) is 18.0. The van der Waals surface area contributed by atoms with E-state index in [0.717, 1.165) is 19.0 Å². The summed E-state index contributed by atoms with van der Waals surface area (Å²) in [7, 11) is -1.75. The van der Waals surface area contributed by atoms with Crippen LogP contribution >= 0.6 is 7.26 Å². The molecule has 0 aliphatic rings. The van der Waals surface area contributed by atoms with Crippen molar-refractivity contribution in [3.63, 3.8) is 0 Å². The largest absolute Gasteiger partial charge is 0.115 e. The van der Waals surface area contributed by atoms with Gasteiger partial charge in [-0.25, -0.2) is 0 Å². The molecule has 154 valence electrons. The van der Waals surface area contributed by atoms with Crippen LogP contribution in [0.5, 0.6) is 0 Å². The van der Waals surface area contributed by atoms with E-state index in [1.165, 1.54) is 27.9 Å². The highest BCUT2D eigenvalue weighted by molar-refractivity contribution is 7.95. The van der Waals surface area contributed by atoms with E-state index in [1.807, 2.05) is 0 Å². The lowest BCUT2D eigenvalue weighted by Crippen LogP contribution is -2.32. The van der Waals surface area contributed by atoms with Crippen molar-refractivity contribution in [3.05, 3.63) is 139 Å². The third-order valence-electron chi connectivity index (χ3n) is 5.82. The third kappa shape index (κ3) is 5.22. The van der Waals surface area contributed by atoms with Crippen LogP contribution in [0, 0.1) is 0 Å². The van der Waals surface area contributed by atoms with E-state index >= 15 is 0 Å². The molecule has 0 saturated carbocycles. The van der Waals surface area contributed by atoms with E-state index in [9.17, 15) is 0 Å². The van der Waals surface area contributed by atoms with Gasteiger partial charge in [0.15, 0.2) is 0 Å². The van der Waals surface area contributed by atoms with Crippen molar-refractivity contribution in [1.82, 2.24) is 0 Å². The molecule has 4 aromatic rings. The minimum absolute atomic E-state index is 1.05. The summed E-state index contributed by atoms with van der Waals surface area (Å²) in [6.07, 6.45) is 9.33. The number of hydrogen-bond acceptors (Lipinski definition) is 0. The van der Waals surface area contributed by atoms with Crippen LogP contribution in [0.25, 0.3) is 0 Å². The minimum atomic E-state index is -1.75. The molecule has 0 atom stereocenters. The molecule has 0 bridgehead atoms. The summed E-state index contributed by atoms with van der Waals surface area (Å²) >= 11 is 0. The fourth-order valence-corrected chi connectivity index (χ4v) is 8.27. The van der Waals surface area contributed by atoms with Crippen molar-refractivity contribution in [1.29, 1.82) is 0 Å². The Morgan fingerprint density at radius 1 is 0.484 bits per heavy atom. The van der Waals surface area contributed by atoms with Crippen LogP contribution in [0.15, 0.2) is 133 Å². The van der Waals surface area contributed by atoms with Crippen molar-refractivity contribution in [2.24, 2.45) is 0 Å². The zero-order chi connectivity index (χ0) is 21.2. The first-order chi connectivity index (χ1) is 15.4. The fraction of sp³-hybridized carbons (Fsp3) is 0.133. The van der Waals surface area contributed by atoms with Crippen molar-refractivity contribution in [2.45, 2.75) is 19.3 Å². The average molecular weight is 422 g/mol. The second-order valence-electron chi connectivity index (χ2n) is 7.85. The maximum Gasteiger partial charge on any atom is 0.115 e. The zero-order valence-corrected chi connectivity index (χ0v) is 18.9. The Hall–Kier alpha value is -2.95. The molecule has 0 N–H and O–H groups in total. The van der Waals surface area contributed by atoms with Crippen LogP contribution in [0.3, 0.4) is 0 Å². The lowest BCUT2D eigenvalue weighted by atomic mass is 10.1. The molecule has 0 nitrogen and oxygen atoms in total. The third-order valence-corrected chi connectivity index (χ3v) is 10.1. The Morgan fingerprint density at radius 3 is 1.35 bits per heavy atom. The first kappa shape index (κ1) is 21.3. The summed E-state index contributed by atoms with van der Waals surface area (Å²) in [5.74, 6) is 0. The van der Waals surface area contributed by atoms with Gasteiger partial charge in [-0.3, -0.25) is 0 Å². The molecule has 31 heavy (non-hydrogen) atoms. The number of aryl methyl sites for hydroxylation is 1. The molecule has 0 aliphatic heterocycles. The number of unbranched alkanes of at least 4 members (excludes halogenated alkanes) is 1. The summed E-state index contributed by atoms with van der Waals surface area (Å²) < 4.78 is 0. The number of benzene rings is 4. The molecule has 0 unspecified atom stereocenters. The molecule has 4 aromatic carbocycles. The number of rotatable bonds is 9. The van der Waals surface area contributed by atoms with Gasteiger partial charge >= 0.3 is 0 Å². The number of allylic oxidation sites excluding steroid dienone is 2. The van der Waals surface area contributed by atoms with Gasteiger partial charge in [-0.05, 0) is 61.2 Å². The van der Waals surface area contributed by atoms with E-state index in [2.05, 4.69) is 133 Å². The van der Waals surface area contributed by atoms with Gasteiger partial charge in [0.25, 0.3) is 0 Å². The Kier molecular flexibility index (Phi) is 7.48. The Labute approximate surface area is 187 Å². The molecule has 0 amide bonds. The maximum atomic E-state index is 2.44. The van der Waals surface area contributed by atoms with Crippen LogP contribution in [0.2, 0.25) is 0 Å². The van der Waals surface area contributed by atoms with Gasteiger partial charge in [-0.15, -0.1) is 0 Å². The lowest BCUT2D eigenvalue weighted by molar-refractivity contribution is 0.842.